The van der Waals surface area contributed by atoms with E-state index in [-0.39, 0.29) is 12.1 Å². The topological polar surface area (TPSA) is 112 Å². The van der Waals surface area contributed by atoms with E-state index in [1.165, 1.54) is 0 Å². The fraction of sp³-hybridized carbons (Fsp3) is 0.700. The highest BCUT2D eigenvalue weighted by molar-refractivity contribution is 5.78. The second-order valence-electron chi connectivity index (χ2n) is 7.60. The van der Waals surface area contributed by atoms with Crippen molar-refractivity contribution in [3.63, 3.8) is 0 Å². The van der Waals surface area contributed by atoms with E-state index in [0.29, 0.717) is 32.2 Å². The molecule has 3 heterocycles. The number of nitrogens with one attached hydrogen (secondary N) is 1. The maximum Gasteiger partial charge on any atom is 0.409 e. The number of hydrogen-bond donors (Lipinski definition) is 2. The number of nitrogens with zero attached hydrogens (tertiary/aromatic N) is 6. The first-order chi connectivity index (χ1) is 14.7. The standard InChI is InChI=1S/C20H34N8O2/c1-2-30-20(29)28-11-5-17(6-12-28)25-18(21)22-9-4-10-26-13-15-27(16-14-26)19-23-7-3-8-24-19/h3,7-8,17H,2,4-6,9-16H2,1H3,(H3,21,22,25). The van der Waals surface area contributed by atoms with Crippen LogP contribution in [0.1, 0.15) is 26.2 Å². The van der Waals surface area contributed by atoms with Gasteiger partial charge in [-0.3, -0.25) is 9.89 Å². The molecule has 0 spiro atoms. The van der Waals surface area contributed by atoms with E-state index in [1.807, 2.05) is 13.0 Å². The normalized spacial score (nSPS) is 19.0. The molecule has 0 saturated carbocycles. The van der Waals surface area contributed by atoms with E-state index >= 15 is 0 Å². The molecule has 0 aromatic carbocycles. The Kier molecular flexibility index (Phi) is 8.49. The van der Waals surface area contributed by atoms with E-state index in [1.54, 1.807) is 17.3 Å². The summed E-state index contributed by atoms with van der Waals surface area (Å²) in [5.41, 5.74) is 6.05. The van der Waals surface area contributed by atoms with Gasteiger partial charge in [0.25, 0.3) is 0 Å². The van der Waals surface area contributed by atoms with Gasteiger partial charge in [-0.15, -0.1) is 0 Å². The molecule has 1 aromatic rings. The van der Waals surface area contributed by atoms with Crippen LogP contribution in [0.3, 0.4) is 0 Å². The maximum atomic E-state index is 11.7. The number of rotatable bonds is 7. The zero-order valence-corrected chi connectivity index (χ0v) is 17.9. The summed E-state index contributed by atoms with van der Waals surface area (Å²) in [7, 11) is 0. The molecule has 10 heteroatoms. The summed E-state index contributed by atoms with van der Waals surface area (Å²) in [6.45, 7) is 9.23. The summed E-state index contributed by atoms with van der Waals surface area (Å²) in [6.07, 6.45) is 6.03. The van der Waals surface area contributed by atoms with Crippen LogP contribution in [0.5, 0.6) is 0 Å². The molecular weight excluding hydrogens is 384 g/mol. The minimum atomic E-state index is -0.227. The van der Waals surface area contributed by atoms with Crippen LogP contribution in [0.4, 0.5) is 10.7 Å². The molecule has 1 amide bonds. The number of anilines is 1. The van der Waals surface area contributed by atoms with Crippen molar-refractivity contribution in [3.05, 3.63) is 18.5 Å². The van der Waals surface area contributed by atoms with Gasteiger partial charge in [0.05, 0.1) is 6.61 Å². The second-order valence-corrected chi connectivity index (χ2v) is 7.60. The SMILES string of the molecule is CCOC(=O)N1CCC(NC(N)=NCCCN2CCN(c3ncccn3)CC2)CC1. The Labute approximate surface area is 178 Å². The van der Waals surface area contributed by atoms with Crippen molar-refractivity contribution in [1.82, 2.24) is 25.1 Å². The number of likely N-dealkylation sites (tertiary alicyclic amines) is 1. The minimum absolute atomic E-state index is 0.227. The molecule has 0 radical (unpaired) electrons. The zero-order chi connectivity index (χ0) is 21.2. The summed E-state index contributed by atoms with van der Waals surface area (Å²) >= 11 is 0. The molecule has 2 aliphatic heterocycles. The van der Waals surface area contributed by atoms with Crippen molar-refractivity contribution in [2.24, 2.45) is 10.7 Å². The van der Waals surface area contributed by atoms with Gasteiger partial charge in [0, 0.05) is 70.8 Å². The molecule has 30 heavy (non-hydrogen) atoms. The summed E-state index contributed by atoms with van der Waals surface area (Å²) in [5, 5.41) is 3.29. The zero-order valence-electron chi connectivity index (χ0n) is 17.9. The van der Waals surface area contributed by atoms with Crippen LogP contribution in [0.2, 0.25) is 0 Å². The van der Waals surface area contributed by atoms with Crippen LogP contribution in [0.15, 0.2) is 23.5 Å². The smallest absolute Gasteiger partial charge is 0.409 e. The van der Waals surface area contributed by atoms with Crippen molar-refractivity contribution in [2.75, 3.05) is 63.9 Å². The molecule has 0 bridgehead atoms. The number of piperidine rings is 1. The Morgan fingerprint density at radius 1 is 1.20 bits per heavy atom. The van der Waals surface area contributed by atoms with Crippen LogP contribution in [0.25, 0.3) is 0 Å². The molecule has 10 nitrogen and oxygen atoms in total. The van der Waals surface area contributed by atoms with Crippen molar-refractivity contribution in [2.45, 2.75) is 32.2 Å². The van der Waals surface area contributed by atoms with Gasteiger partial charge < -0.3 is 25.6 Å². The van der Waals surface area contributed by atoms with Gasteiger partial charge in [0.1, 0.15) is 0 Å². The van der Waals surface area contributed by atoms with Crippen LogP contribution in [0, 0.1) is 0 Å². The minimum Gasteiger partial charge on any atom is -0.450 e. The average Bonchev–Trinajstić information content (AvgIpc) is 2.78. The molecule has 3 N–H and O–H groups in total. The van der Waals surface area contributed by atoms with E-state index < -0.39 is 0 Å². The first-order valence-electron chi connectivity index (χ1n) is 10.9. The Morgan fingerprint density at radius 2 is 1.90 bits per heavy atom. The third kappa shape index (κ3) is 6.72. The van der Waals surface area contributed by atoms with Gasteiger partial charge in [-0.05, 0) is 32.3 Å². The molecule has 0 aliphatic carbocycles. The van der Waals surface area contributed by atoms with E-state index in [9.17, 15) is 4.79 Å². The Balaban J connectivity index is 1.28. The number of hydrogen-bond acceptors (Lipinski definition) is 7. The Bertz CT molecular complexity index is 671. The third-order valence-corrected chi connectivity index (χ3v) is 5.49. The van der Waals surface area contributed by atoms with E-state index in [4.69, 9.17) is 10.5 Å². The van der Waals surface area contributed by atoms with Crippen molar-refractivity contribution in [3.8, 4) is 0 Å². The molecular formula is C20H34N8O2. The molecule has 2 saturated heterocycles. The number of ether oxygens (including phenoxy) is 1. The molecule has 2 fully saturated rings. The first-order valence-corrected chi connectivity index (χ1v) is 10.9. The largest absolute Gasteiger partial charge is 0.450 e. The summed E-state index contributed by atoms with van der Waals surface area (Å²) in [4.78, 5) is 31.3. The lowest BCUT2D eigenvalue weighted by Gasteiger charge is -2.34. The van der Waals surface area contributed by atoms with Gasteiger partial charge in [0.15, 0.2) is 5.96 Å². The lowest BCUT2D eigenvalue weighted by molar-refractivity contribution is 0.0963. The number of nitrogens with two attached hydrogens (primary N) is 1. The quantitative estimate of drug-likeness (QED) is 0.374. The predicted octanol–water partition coefficient (Wildman–Crippen LogP) is 0.514. The third-order valence-electron chi connectivity index (χ3n) is 5.49. The Hall–Kier alpha value is -2.62. The second kappa shape index (κ2) is 11.5. The number of piperazine rings is 1. The highest BCUT2D eigenvalue weighted by atomic mass is 16.6. The van der Waals surface area contributed by atoms with Crippen LogP contribution in [-0.4, -0.2) is 96.8 Å². The molecule has 2 aliphatic rings. The monoisotopic (exact) mass is 418 g/mol. The summed E-state index contributed by atoms with van der Waals surface area (Å²) < 4.78 is 5.05. The number of aliphatic imine (C=N–C) groups is 1. The molecule has 166 valence electrons. The van der Waals surface area contributed by atoms with Gasteiger partial charge >= 0.3 is 6.09 Å². The van der Waals surface area contributed by atoms with Gasteiger partial charge in [-0.25, -0.2) is 14.8 Å². The van der Waals surface area contributed by atoms with E-state index in [0.717, 1.165) is 57.9 Å². The van der Waals surface area contributed by atoms with Crippen LogP contribution in [-0.2, 0) is 4.74 Å². The fourth-order valence-corrected chi connectivity index (χ4v) is 3.80. The molecule has 3 rings (SSSR count). The van der Waals surface area contributed by atoms with Crippen LogP contribution >= 0.6 is 0 Å². The highest BCUT2D eigenvalue weighted by Crippen LogP contribution is 2.12. The lowest BCUT2D eigenvalue weighted by Crippen LogP contribution is -2.48. The van der Waals surface area contributed by atoms with Crippen molar-refractivity contribution < 1.29 is 9.53 Å². The maximum absolute atomic E-state index is 11.7. The average molecular weight is 419 g/mol. The predicted molar refractivity (Wildman–Crippen MR) is 117 cm³/mol. The summed E-state index contributed by atoms with van der Waals surface area (Å²) in [5.74, 6) is 1.31. The molecule has 0 atom stereocenters. The summed E-state index contributed by atoms with van der Waals surface area (Å²) in [6, 6.07) is 2.10. The lowest BCUT2D eigenvalue weighted by atomic mass is 10.1. The highest BCUT2D eigenvalue weighted by Gasteiger charge is 2.23. The van der Waals surface area contributed by atoms with Crippen LogP contribution < -0.4 is 16.0 Å². The Morgan fingerprint density at radius 3 is 2.57 bits per heavy atom. The molecule has 0 unspecified atom stereocenters. The fourth-order valence-electron chi connectivity index (χ4n) is 3.80. The van der Waals surface area contributed by atoms with Crippen molar-refractivity contribution >= 4 is 18.0 Å². The number of amides is 1. The molecule has 1 aromatic heterocycles. The van der Waals surface area contributed by atoms with Crippen molar-refractivity contribution in [1.29, 1.82) is 0 Å². The first kappa shape index (κ1) is 22.1. The number of carbonyl (C=O) groups is 1. The van der Waals surface area contributed by atoms with Gasteiger partial charge in [0.2, 0.25) is 5.95 Å². The number of carbonyl (C=O) groups excluding carboxylic acids is 1. The number of guanidine groups is 1. The van der Waals surface area contributed by atoms with Gasteiger partial charge in [-0.1, -0.05) is 0 Å². The van der Waals surface area contributed by atoms with Gasteiger partial charge in [-0.2, -0.15) is 0 Å². The number of aromatic nitrogens is 2. The van der Waals surface area contributed by atoms with E-state index in [2.05, 4.69) is 30.1 Å².